The van der Waals surface area contributed by atoms with Crippen molar-refractivity contribution in [1.82, 2.24) is 4.90 Å². The van der Waals surface area contributed by atoms with Gasteiger partial charge in [-0.15, -0.1) is 0 Å². The molecule has 2 aliphatic rings. The third-order valence-corrected chi connectivity index (χ3v) is 4.27. The minimum absolute atomic E-state index is 0.312. The van der Waals surface area contributed by atoms with E-state index >= 15 is 0 Å². The van der Waals surface area contributed by atoms with E-state index in [1.54, 1.807) is 0 Å². The van der Waals surface area contributed by atoms with Crippen LogP contribution in [0.3, 0.4) is 0 Å². The third kappa shape index (κ3) is 2.35. The van der Waals surface area contributed by atoms with Crippen molar-refractivity contribution in [1.29, 1.82) is 0 Å². The summed E-state index contributed by atoms with van der Waals surface area (Å²) < 4.78 is 0. The summed E-state index contributed by atoms with van der Waals surface area (Å²) in [5.41, 5.74) is 6.03. The second kappa shape index (κ2) is 4.81. The minimum atomic E-state index is 0.312. The van der Waals surface area contributed by atoms with Crippen LogP contribution in [0.25, 0.3) is 0 Å². The molecule has 1 aliphatic carbocycles. The Balaban J connectivity index is 1.97. The van der Waals surface area contributed by atoms with Gasteiger partial charge in [0.1, 0.15) is 0 Å². The van der Waals surface area contributed by atoms with Crippen molar-refractivity contribution in [2.24, 2.45) is 11.7 Å². The number of aliphatic hydroxyl groups excluding tert-OH is 1. The Morgan fingerprint density at radius 2 is 2.13 bits per heavy atom. The highest BCUT2D eigenvalue weighted by Gasteiger charge is 2.36. The molecule has 2 fully saturated rings. The monoisotopic (exact) mass is 212 g/mol. The van der Waals surface area contributed by atoms with Gasteiger partial charge in [-0.25, -0.2) is 0 Å². The molecule has 15 heavy (non-hydrogen) atoms. The van der Waals surface area contributed by atoms with Crippen molar-refractivity contribution in [3.8, 4) is 0 Å². The summed E-state index contributed by atoms with van der Waals surface area (Å²) in [6.07, 6.45) is 6.08. The SMILES string of the molecule is CC1CCN(C2CCCC(N)C2)C1CO. The summed E-state index contributed by atoms with van der Waals surface area (Å²) in [4.78, 5) is 2.52. The van der Waals surface area contributed by atoms with E-state index in [4.69, 9.17) is 5.73 Å². The zero-order valence-corrected chi connectivity index (χ0v) is 9.73. The summed E-state index contributed by atoms with van der Waals surface area (Å²) in [5.74, 6) is 0.646. The lowest BCUT2D eigenvalue weighted by Crippen LogP contribution is -2.47. The maximum absolute atomic E-state index is 9.43. The van der Waals surface area contributed by atoms with E-state index in [9.17, 15) is 5.11 Å². The fourth-order valence-corrected chi connectivity index (χ4v) is 3.28. The number of nitrogens with zero attached hydrogens (tertiary/aromatic N) is 1. The van der Waals surface area contributed by atoms with Crippen molar-refractivity contribution in [3.05, 3.63) is 0 Å². The van der Waals surface area contributed by atoms with Gasteiger partial charge in [0.25, 0.3) is 0 Å². The molecule has 0 bridgehead atoms. The first kappa shape index (κ1) is 11.4. The summed E-state index contributed by atoms with van der Waals surface area (Å²) in [6.45, 7) is 3.72. The van der Waals surface area contributed by atoms with Crippen LogP contribution in [0.15, 0.2) is 0 Å². The largest absolute Gasteiger partial charge is 0.395 e. The van der Waals surface area contributed by atoms with Gasteiger partial charge in [-0.1, -0.05) is 13.3 Å². The molecular formula is C12H24N2O. The molecule has 1 saturated carbocycles. The maximum Gasteiger partial charge on any atom is 0.0589 e. The quantitative estimate of drug-likeness (QED) is 0.717. The molecule has 0 aromatic carbocycles. The number of rotatable bonds is 2. The van der Waals surface area contributed by atoms with E-state index in [1.807, 2.05) is 0 Å². The van der Waals surface area contributed by atoms with Crippen LogP contribution in [0.4, 0.5) is 0 Å². The van der Waals surface area contributed by atoms with E-state index in [-0.39, 0.29) is 0 Å². The zero-order valence-electron chi connectivity index (χ0n) is 9.73. The minimum Gasteiger partial charge on any atom is -0.395 e. The normalized spacial score (nSPS) is 43.4. The second-order valence-corrected chi connectivity index (χ2v) is 5.33. The Hall–Kier alpha value is -0.120. The van der Waals surface area contributed by atoms with Gasteiger partial charge in [0.15, 0.2) is 0 Å². The van der Waals surface area contributed by atoms with E-state index in [0.29, 0.717) is 30.7 Å². The van der Waals surface area contributed by atoms with Crippen LogP contribution in [0, 0.1) is 5.92 Å². The molecule has 3 N–H and O–H groups in total. The molecule has 0 aromatic rings. The van der Waals surface area contributed by atoms with E-state index in [0.717, 1.165) is 13.0 Å². The van der Waals surface area contributed by atoms with Crippen molar-refractivity contribution in [3.63, 3.8) is 0 Å². The van der Waals surface area contributed by atoms with Gasteiger partial charge in [0.2, 0.25) is 0 Å². The standard InChI is InChI=1S/C12H24N2O/c1-9-5-6-14(12(9)8-15)11-4-2-3-10(13)7-11/h9-12,15H,2-8,13H2,1H3. The Labute approximate surface area is 92.6 Å². The molecule has 3 nitrogen and oxygen atoms in total. The van der Waals surface area contributed by atoms with E-state index in [1.165, 1.54) is 25.7 Å². The molecule has 3 heteroatoms. The summed E-state index contributed by atoms with van der Waals surface area (Å²) in [7, 11) is 0. The molecule has 1 saturated heterocycles. The molecule has 1 aliphatic heterocycles. The molecular weight excluding hydrogens is 188 g/mol. The van der Waals surface area contributed by atoms with Crippen LogP contribution in [0.1, 0.15) is 39.0 Å². The second-order valence-electron chi connectivity index (χ2n) is 5.33. The van der Waals surface area contributed by atoms with Gasteiger partial charge in [0.05, 0.1) is 6.61 Å². The Bertz CT molecular complexity index is 210. The first-order valence-corrected chi connectivity index (χ1v) is 6.34. The van der Waals surface area contributed by atoms with E-state index < -0.39 is 0 Å². The molecule has 1 heterocycles. The van der Waals surface area contributed by atoms with Gasteiger partial charge < -0.3 is 10.8 Å². The van der Waals surface area contributed by atoms with Crippen molar-refractivity contribution in [2.75, 3.05) is 13.2 Å². The first-order chi connectivity index (χ1) is 7.22. The summed E-state index contributed by atoms with van der Waals surface area (Å²) in [6, 6.07) is 1.41. The molecule has 4 unspecified atom stereocenters. The average Bonchev–Trinajstić information content (AvgIpc) is 2.59. The Morgan fingerprint density at radius 3 is 2.80 bits per heavy atom. The summed E-state index contributed by atoms with van der Waals surface area (Å²) in [5, 5.41) is 9.43. The molecule has 0 spiro atoms. The third-order valence-electron chi connectivity index (χ3n) is 4.27. The first-order valence-electron chi connectivity index (χ1n) is 6.34. The van der Waals surface area contributed by atoms with Crippen LogP contribution in [0.5, 0.6) is 0 Å². The molecule has 88 valence electrons. The number of aliphatic hydroxyl groups is 1. The molecule has 2 rings (SSSR count). The van der Waals surface area contributed by atoms with Crippen LogP contribution in [-0.4, -0.2) is 41.3 Å². The Morgan fingerprint density at radius 1 is 1.33 bits per heavy atom. The van der Waals surface area contributed by atoms with Crippen molar-refractivity contribution in [2.45, 2.75) is 57.2 Å². The van der Waals surface area contributed by atoms with E-state index in [2.05, 4.69) is 11.8 Å². The molecule has 0 radical (unpaired) electrons. The number of likely N-dealkylation sites (tertiary alicyclic amines) is 1. The average molecular weight is 212 g/mol. The van der Waals surface area contributed by atoms with Gasteiger partial charge in [0, 0.05) is 18.1 Å². The molecule has 4 atom stereocenters. The van der Waals surface area contributed by atoms with Crippen LogP contribution < -0.4 is 5.73 Å². The lowest BCUT2D eigenvalue weighted by molar-refractivity contribution is 0.0803. The van der Waals surface area contributed by atoms with Gasteiger partial charge >= 0.3 is 0 Å². The van der Waals surface area contributed by atoms with Crippen LogP contribution in [-0.2, 0) is 0 Å². The van der Waals surface area contributed by atoms with Crippen molar-refractivity contribution < 1.29 is 5.11 Å². The Kier molecular flexibility index (Phi) is 3.65. The topological polar surface area (TPSA) is 49.5 Å². The fraction of sp³-hybridized carbons (Fsp3) is 1.00. The molecule has 0 amide bonds. The highest BCUT2D eigenvalue weighted by molar-refractivity contribution is 4.91. The number of hydrogen-bond donors (Lipinski definition) is 2. The van der Waals surface area contributed by atoms with Crippen LogP contribution >= 0.6 is 0 Å². The highest BCUT2D eigenvalue weighted by atomic mass is 16.3. The smallest absolute Gasteiger partial charge is 0.0589 e. The lowest BCUT2D eigenvalue weighted by Gasteiger charge is -2.37. The summed E-state index contributed by atoms with van der Waals surface area (Å²) >= 11 is 0. The predicted octanol–water partition coefficient (Wildman–Crippen LogP) is 0.959. The van der Waals surface area contributed by atoms with Gasteiger partial charge in [-0.3, -0.25) is 4.90 Å². The zero-order chi connectivity index (χ0) is 10.8. The highest BCUT2D eigenvalue weighted by Crippen LogP contribution is 2.31. The van der Waals surface area contributed by atoms with Gasteiger partial charge in [-0.05, 0) is 38.1 Å². The molecule has 0 aromatic heterocycles. The fourth-order valence-electron chi connectivity index (χ4n) is 3.28. The predicted molar refractivity (Wildman–Crippen MR) is 61.6 cm³/mol. The number of nitrogens with two attached hydrogens (primary N) is 1. The van der Waals surface area contributed by atoms with Gasteiger partial charge in [-0.2, -0.15) is 0 Å². The van der Waals surface area contributed by atoms with Crippen molar-refractivity contribution >= 4 is 0 Å². The lowest BCUT2D eigenvalue weighted by atomic mass is 9.90. The number of hydrogen-bond acceptors (Lipinski definition) is 3. The maximum atomic E-state index is 9.43. The van der Waals surface area contributed by atoms with Crippen LogP contribution in [0.2, 0.25) is 0 Å².